The van der Waals surface area contributed by atoms with E-state index in [-0.39, 0.29) is 6.10 Å². The molecule has 0 aromatic heterocycles. The molecule has 1 fully saturated rings. The normalized spacial score (nSPS) is 22.5. The average Bonchev–Trinajstić information content (AvgIpc) is 2.53. The van der Waals surface area contributed by atoms with Crippen LogP contribution in [0, 0.1) is 5.92 Å². The summed E-state index contributed by atoms with van der Waals surface area (Å²) < 4.78 is 0. The maximum Gasteiger partial charge on any atom is 0.373 e. The van der Waals surface area contributed by atoms with Gasteiger partial charge in [0, 0.05) is 0 Å². The average molecular weight is 276 g/mol. The highest BCUT2D eigenvalue weighted by Crippen LogP contribution is 2.29. The maximum atomic E-state index is 11.9. The fourth-order valence-electron chi connectivity index (χ4n) is 2.80. The third-order valence-electron chi connectivity index (χ3n) is 4.21. The van der Waals surface area contributed by atoms with Gasteiger partial charge in [0.15, 0.2) is 0 Å². The second-order valence-corrected chi connectivity index (χ2v) is 5.51. The molecule has 0 radical (unpaired) electrons. The van der Waals surface area contributed by atoms with Gasteiger partial charge in [0.2, 0.25) is 0 Å². The number of rotatable bonds is 5. The van der Waals surface area contributed by atoms with Crippen LogP contribution < -0.4 is 0 Å². The van der Waals surface area contributed by atoms with Gasteiger partial charge in [0.05, 0.1) is 5.56 Å². The van der Waals surface area contributed by atoms with Crippen molar-refractivity contribution in [2.75, 3.05) is 0 Å². The second-order valence-electron chi connectivity index (χ2n) is 5.51. The van der Waals surface area contributed by atoms with Crippen LogP contribution in [-0.4, -0.2) is 12.1 Å². The lowest BCUT2D eigenvalue weighted by molar-refractivity contribution is -0.290. The van der Waals surface area contributed by atoms with E-state index in [1.165, 1.54) is 18.4 Å². The Morgan fingerprint density at radius 1 is 1.15 bits per heavy atom. The van der Waals surface area contributed by atoms with Crippen LogP contribution >= 0.6 is 0 Å². The van der Waals surface area contributed by atoms with Gasteiger partial charge in [-0.1, -0.05) is 45.2 Å². The van der Waals surface area contributed by atoms with Crippen LogP contribution in [0.2, 0.25) is 0 Å². The Bertz CT molecular complexity index is 424. The van der Waals surface area contributed by atoms with E-state index >= 15 is 0 Å². The molecule has 2 rings (SSSR count). The molecule has 0 saturated heterocycles. The Morgan fingerprint density at radius 3 is 2.50 bits per heavy atom. The van der Waals surface area contributed by atoms with E-state index in [1.807, 2.05) is 12.1 Å². The predicted molar refractivity (Wildman–Crippen MR) is 78.4 cm³/mol. The molecule has 110 valence electrons. The van der Waals surface area contributed by atoms with Crippen molar-refractivity contribution >= 4 is 5.97 Å². The number of aryl methyl sites for hydroxylation is 1. The van der Waals surface area contributed by atoms with Crippen molar-refractivity contribution in [1.82, 2.24) is 0 Å². The lowest BCUT2D eigenvalue weighted by Crippen LogP contribution is -2.28. The summed E-state index contributed by atoms with van der Waals surface area (Å²) >= 11 is 0. The van der Waals surface area contributed by atoms with E-state index in [2.05, 4.69) is 13.8 Å². The molecule has 0 amide bonds. The first kappa shape index (κ1) is 15.0. The number of benzene rings is 1. The minimum Gasteiger partial charge on any atom is -0.293 e. The van der Waals surface area contributed by atoms with Gasteiger partial charge in [-0.05, 0) is 42.9 Å². The van der Waals surface area contributed by atoms with E-state index in [4.69, 9.17) is 9.78 Å². The highest BCUT2D eigenvalue weighted by Gasteiger charge is 2.26. The Kier molecular flexibility index (Phi) is 5.60. The van der Waals surface area contributed by atoms with Crippen LogP contribution in [0.1, 0.15) is 61.9 Å². The standard InChI is InChI=1S/C17H24O3/c1-3-13-9-11-15(12-10-13)17(18)20-19-16-8-6-5-7-14(16)4-2/h9-12,14,16H,3-8H2,1-2H3. The molecule has 1 aromatic rings. The molecule has 0 bridgehead atoms. The number of hydrogen-bond donors (Lipinski definition) is 0. The first-order chi connectivity index (χ1) is 9.74. The van der Waals surface area contributed by atoms with Crippen molar-refractivity contribution in [2.45, 2.75) is 58.5 Å². The predicted octanol–water partition coefficient (Wildman–Crippen LogP) is 4.31. The van der Waals surface area contributed by atoms with E-state index in [1.54, 1.807) is 12.1 Å². The smallest absolute Gasteiger partial charge is 0.293 e. The third kappa shape index (κ3) is 3.83. The minimum atomic E-state index is -0.395. The second kappa shape index (κ2) is 7.44. The lowest BCUT2D eigenvalue weighted by Gasteiger charge is -2.28. The number of carbonyl (C=O) groups is 1. The Labute approximate surface area is 121 Å². The summed E-state index contributed by atoms with van der Waals surface area (Å²) in [4.78, 5) is 22.4. The quantitative estimate of drug-likeness (QED) is 0.594. The van der Waals surface area contributed by atoms with Gasteiger partial charge in [0.25, 0.3) is 0 Å². The molecule has 20 heavy (non-hydrogen) atoms. The summed E-state index contributed by atoms with van der Waals surface area (Å²) in [6.07, 6.45) is 6.67. The zero-order chi connectivity index (χ0) is 14.4. The molecule has 1 aliphatic carbocycles. The van der Waals surface area contributed by atoms with Crippen LogP contribution in [0.3, 0.4) is 0 Å². The highest BCUT2D eigenvalue weighted by molar-refractivity contribution is 5.88. The van der Waals surface area contributed by atoms with E-state index < -0.39 is 5.97 Å². The lowest BCUT2D eigenvalue weighted by atomic mass is 9.85. The molecular formula is C17H24O3. The molecule has 3 heteroatoms. The first-order valence-electron chi connectivity index (χ1n) is 7.71. The number of carbonyl (C=O) groups excluding carboxylic acids is 1. The van der Waals surface area contributed by atoms with E-state index in [0.717, 1.165) is 25.7 Å². The summed E-state index contributed by atoms with van der Waals surface area (Å²) in [5.41, 5.74) is 1.76. The topological polar surface area (TPSA) is 35.5 Å². The van der Waals surface area contributed by atoms with Crippen molar-refractivity contribution < 1.29 is 14.6 Å². The van der Waals surface area contributed by atoms with Crippen molar-refractivity contribution in [1.29, 1.82) is 0 Å². The van der Waals surface area contributed by atoms with E-state index in [9.17, 15) is 4.79 Å². The van der Waals surface area contributed by atoms with Gasteiger partial charge in [0.1, 0.15) is 6.10 Å². The molecule has 2 unspecified atom stereocenters. The molecule has 0 aliphatic heterocycles. The molecule has 1 saturated carbocycles. The SMILES string of the molecule is CCc1ccc(C(=O)OOC2CCCCC2CC)cc1. The fraction of sp³-hybridized carbons (Fsp3) is 0.588. The summed E-state index contributed by atoms with van der Waals surface area (Å²) in [5, 5.41) is 0. The van der Waals surface area contributed by atoms with Gasteiger partial charge >= 0.3 is 5.97 Å². The largest absolute Gasteiger partial charge is 0.373 e. The minimum absolute atomic E-state index is 0.0626. The van der Waals surface area contributed by atoms with Gasteiger partial charge < -0.3 is 0 Å². The molecular weight excluding hydrogens is 252 g/mol. The molecule has 3 nitrogen and oxygen atoms in total. The van der Waals surface area contributed by atoms with Crippen molar-refractivity contribution in [3.8, 4) is 0 Å². The van der Waals surface area contributed by atoms with Crippen LogP contribution in [0.15, 0.2) is 24.3 Å². The molecule has 2 atom stereocenters. The summed E-state index contributed by atoms with van der Waals surface area (Å²) in [7, 11) is 0. The Hall–Kier alpha value is -1.35. The first-order valence-corrected chi connectivity index (χ1v) is 7.71. The maximum absolute atomic E-state index is 11.9. The van der Waals surface area contributed by atoms with Gasteiger partial charge in [-0.3, -0.25) is 4.89 Å². The van der Waals surface area contributed by atoms with Gasteiger partial charge in [-0.2, -0.15) is 4.89 Å². The Balaban J connectivity index is 1.87. The zero-order valence-electron chi connectivity index (χ0n) is 12.4. The summed E-state index contributed by atoms with van der Waals surface area (Å²) in [6, 6.07) is 7.49. The third-order valence-corrected chi connectivity index (χ3v) is 4.21. The van der Waals surface area contributed by atoms with E-state index in [0.29, 0.717) is 11.5 Å². The number of hydrogen-bond acceptors (Lipinski definition) is 3. The van der Waals surface area contributed by atoms with Crippen molar-refractivity contribution in [3.05, 3.63) is 35.4 Å². The van der Waals surface area contributed by atoms with Gasteiger partial charge in [-0.15, -0.1) is 0 Å². The molecule has 0 heterocycles. The van der Waals surface area contributed by atoms with Crippen molar-refractivity contribution in [2.24, 2.45) is 5.92 Å². The fourth-order valence-corrected chi connectivity index (χ4v) is 2.80. The molecule has 0 N–H and O–H groups in total. The highest BCUT2D eigenvalue weighted by atomic mass is 17.2. The van der Waals surface area contributed by atoms with Crippen LogP contribution in [0.25, 0.3) is 0 Å². The summed E-state index contributed by atoms with van der Waals surface area (Å²) in [5.74, 6) is 0.118. The van der Waals surface area contributed by atoms with Crippen molar-refractivity contribution in [3.63, 3.8) is 0 Å². The van der Waals surface area contributed by atoms with Crippen LogP contribution in [0.5, 0.6) is 0 Å². The summed E-state index contributed by atoms with van der Waals surface area (Å²) in [6.45, 7) is 4.25. The monoisotopic (exact) mass is 276 g/mol. The molecule has 0 spiro atoms. The molecule has 1 aliphatic rings. The van der Waals surface area contributed by atoms with Gasteiger partial charge in [-0.25, -0.2) is 4.79 Å². The van der Waals surface area contributed by atoms with Crippen LogP contribution in [-0.2, 0) is 16.2 Å². The molecule has 1 aromatic carbocycles. The van der Waals surface area contributed by atoms with Crippen LogP contribution in [0.4, 0.5) is 0 Å². The Morgan fingerprint density at radius 2 is 1.85 bits per heavy atom. The zero-order valence-corrected chi connectivity index (χ0v) is 12.4.